The zero-order valence-electron chi connectivity index (χ0n) is 12.4. The van der Waals surface area contributed by atoms with Gasteiger partial charge in [0.25, 0.3) is 0 Å². The molecule has 112 valence electrons. The highest BCUT2D eigenvalue weighted by molar-refractivity contribution is 9.10. The Morgan fingerprint density at radius 1 is 1.05 bits per heavy atom. The predicted molar refractivity (Wildman–Crippen MR) is 83.4 cm³/mol. The van der Waals surface area contributed by atoms with Gasteiger partial charge in [0, 0.05) is 12.0 Å². The minimum absolute atomic E-state index is 0.199. The number of methoxy groups -OCH3 is 2. The van der Waals surface area contributed by atoms with Crippen molar-refractivity contribution >= 4 is 15.9 Å². The maximum atomic E-state index is 5.86. The van der Waals surface area contributed by atoms with Gasteiger partial charge in [0.1, 0.15) is 10.4 Å². The summed E-state index contributed by atoms with van der Waals surface area (Å²) in [4.78, 5) is 8.73. The van der Waals surface area contributed by atoms with Crippen LogP contribution in [0.2, 0.25) is 0 Å². The molecular formula is C15H17BrN2O3. The molecule has 0 amide bonds. The number of ether oxygens (including phenoxy) is 3. The summed E-state index contributed by atoms with van der Waals surface area (Å²) in [7, 11) is 3.16. The normalized spacial score (nSPS) is 10.6. The molecule has 0 atom stereocenters. The van der Waals surface area contributed by atoms with Gasteiger partial charge in [-0.05, 0) is 28.1 Å². The number of halogens is 1. The lowest BCUT2D eigenvalue weighted by Crippen LogP contribution is -2.01. The smallest absolute Gasteiger partial charge is 0.224 e. The summed E-state index contributed by atoms with van der Waals surface area (Å²) in [6.07, 6.45) is 0. The fourth-order valence-corrected chi connectivity index (χ4v) is 2.12. The molecule has 2 aromatic rings. The Kier molecular flexibility index (Phi) is 5.01. The number of hydrogen-bond donors (Lipinski definition) is 0. The van der Waals surface area contributed by atoms with E-state index in [1.165, 1.54) is 0 Å². The maximum absolute atomic E-state index is 5.86. The molecule has 0 N–H and O–H groups in total. The summed E-state index contributed by atoms with van der Waals surface area (Å²) in [6, 6.07) is 7.15. The van der Waals surface area contributed by atoms with E-state index in [0.717, 1.165) is 0 Å². The molecule has 1 heterocycles. The number of para-hydroxylation sites is 1. The molecule has 0 fully saturated rings. The van der Waals surface area contributed by atoms with Crippen LogP contribution in [0.1, 0.15) is 25.6 Å². The van der Waals surface area contributed by atoms with Crippen LogP contribution in [-0.2, 0) is 0 Å². The van der Waals surface area contributed by atoms with E-state index in [0.29, 0.717) is 33.6 Å². The van der Waals surface area contributed by atoms with E-state index in [2.05, 4.69) is 25.9 Å². The highest BCUT2D eigenvalue weighted by Gasteiger charge is 2.15. The van der Waals surface area contributed by atoms with Gasteiger partial charge in [0.05, 0.1) is 14.2 Å². The molecule has 0 unspecified atom stereocenters. The van der Waals surface area contributed by atoms with Crippen molar-refractivity contribution in [3.8, 4) is 23.1 Å². The summed E-state index contributed by atoms with van der Waals surface area (Å²) in [5.41, 5.74) is 0. The molecule has 0 bridgehead atoms. The fourth-order valence-electron chi connectivity index (χ4n) is 1.75. The van der Waals surface area contributed by atoms with Crippen molar-refractivity contribution in [2.24, 2.45) is 0 Å². The Morgan fingerprint density at radius 2 is 1.67 bits per heavy atom. The molecule has 0 saturated heterocycles. The summed E-state index contributed by atoms with van der Waals surface area (Å²) in [5, 5.41) is 0. The zero-order valence-corrected chi connectivity index (χ0v) is 14.0. The van der Waals surface area contributed by atoms with Crippen LogP contribution in [0.15, 0.2) is 28.9 Å². The average molecular weight is 353 g/mol. The van der Waals surface area contributed by atoms with Crippen molar-refractivity contribution in [3.63, 3.8) is 0 Å². The third-order valence-electron chi connectivity index (χ3n) is 2.79. The van der Waals surface area contributed by atoms with Gasteiger partial charge in [-0.3, -0.25) is 0 Å². The Balaban J connectivity index is 2.42. The summed E-state index contributed by atoms with van der Waals surface area (Å²) < 4.78 is 17.2. The van der Waals surface area contributed by atoms with Gasteiger partial charge in [-0.2, -0.15) is 4.98 Å². The lowest BCUT2D eigenvalue weighted by Gasteiger charge is -2.14. The molecule has 0 saturated carbocycles. The summed E-state index contributed by atoms with van der Waals surface area (Å²) >= 11 is 3.37. The van der Waals surface area contributed by atoms with Crippen molar-refractivity contribution in [2.45, 2.75) is 19.8 Å². The van der Waals surface area contributed by atoms with E-state index in [9.17, 15) is 0 Å². The molecule has 2 rings (SSSR count). The molecule has 0 aliphatic carbocycles. The van der Waals surface area contributed by atoms with Crippen LogP contribution >= 0.6 is 15.9 Å². The van der Waals surface area contributed by atoms with Crippen molar-refractivity contribution in [1.29, 1.82) is 0 Å². The first-order chi connectivity index (χ1) is 10.0. The van der Waals surface area contributed by atoms with Gasteiger partial charge in [0.15, 0.2) is 11.5 Å². The highest BCUT2D eigenvalue weighted by atomic mass is 79.9. The summed E-state index contributed by atoms with van der Waals surface area (Å²) in [6.45, 7) is 4.05. The monoisotopic (exact) mass is 352 g/mol. The van der Waals surface area contributed by atoms with Gasteiger partial charge >= 0.3 is 0 Å². The quantitative estimate of drug-likeness (QED) is 0.755. The van der Waals surface area contributed by atoms with Crippen LogP contribution in [0.25, 0.3) is 0 Å². The first kappa shape index (κ1) is 15.6. The number of rotatable bonds is 5. The van der Waals surface area contributed by atoms with Crippen molar-refractivity contribution in [1.82, 2.24) is 9.97 Å². The molecule has 0 aliphatic rings. The van der Waals surface area contributed by atoms with E-state index in [-0.39, 0.29) is 5.92 Å². The van der Waals surface area contributed by atoms with E-state index in [1.54, 1.807) is 32.4 Å². The minimum Gasteiger partial charge on any atom is -0.493 e. The molecule has 0 aliphatic heterocycles. The van der Waals surface area contributed by atoms with Crippen molar-refractivity contribution < 1.29 is 14.2 Å². The van der Waals surface area contributed by atoms with E-state index in [1.807, 2.05) is 19.9 Å². The standard InChI is InChI=1S/C15H17BrN2O3/c1-9(2)15-17-12(16)8-13(18-15)21-14-10(19-3)6-5-7-11(14)20-4/h5-9H,1-4H3. The SMILES string of the molecule is COc1cccc(OC)c1Oc1cc(Br)nc(C(C)C)n1. The van der Waals surface area contributed by atoms with E-state index >= 15 is 0 Å². The van der Waals surface area contributed by atoms with Crippen molar-refractivity contribution in [3.05, 3.63) is 34.7 Å². The molecular weight excluding hydrogens is 336 g/mol. The number of nitrogens with zero attached hydrogens (tertiary/aromatic N) is 2. The Hall–Kier alpha value is -1.82. The largest absolute Gasteiger partial charge is 0.493 e. The first-order valence-corrected chi connectivity index (χ1v) is 7.27. The third kappa shape index (κ3) is 3.64. The lowest BCUT2D eigenvalue weighted by atomic mass is 10.2. The Morgan fingerprint density at radius 3 is 2.19 bits per heavy atom. The number of benzene rings is 1. The maximum Gasteiger partial charge on any atom is 0.224 e. The summed E-state index contributed by atoms with van der Waals surface area (Å²) in [5.74, 6) is 2.98. The van der Waals surface area contributed by atoms with Crippen LogP contribution in [0.4, 0.5) is 0 Å². The van der Waals surface area contributed by atoms with E-state index < -0.39 is 0 Å². The van der Waals surface area contributed by atoms with Crippen LogP contribution in [0.3, 0.4) is 0 Å². The lowest BCUT2D eigenvalue weighted by molar-refractivity contribution is 0.341. The fraction of sp³-hybridized carbons (Fsp3) is 0.333. The van der Waals surface area contributed by atoms with Crippen LogP contribution in [0, 0.1) is 0 Å². The third-order valence-corrected chi connectivity index (χ3v) is 3.20. The van der Waals surface area contributed by atoms with Gasteiger partial charge in [-0.15, -0.1) is 0 Å². The molecule has 0 spiro atoms. The second-order valence-corrected chi connectivity index (χ2v) is 5.45. The molecule has 6 heteroatoms. The topological polar surface area (TPSA) is 53.5 Å². The highest BCUT2D eigenvalue weighted by Crippen LogP contribution is 2.39. The molecule has 5 nitrogen and oxygen atoms in total. The Bertz CT molecular complexity index is 610. The van der Waals surface area contributed by atoms with Gasteiger partial charge in [0.2, 0.25) is 11.6 Å². The second kappa shape index (κ2) is 6.76. The first-order valence-electron chi connectivity index (χ1n) is 6.48. The van der Waals surface area contributed by atoms with Crippen LogP contribution in [-0.4, -0.2) is 24.2 Å². The Labute approximate surface area is 132 Å². The second-order valence-electron chi connectivity index (χ2n) is 4.64. The van der Waals surface area contributed by atoms with Crippen LogP contribution < -0.4 is 14.2 Å². The van der Waals surface area contributed by atoms with Gasteiger partial charge < -0.3 is 14.2 Å². The molecule has 0 radical (unpaired) electrons. The van der Waals surface area contributed by atoms with Crippen molar-refractivity contribution in [2.75, 3.05) is 14.2 Å². The zero-order chi connectivity index (χ0) is 15.4. The average Bonchev–Trinajstić information content (AvgIpc) is 2.46. The predicted octanol–water partition coefficient (Wildman–Crippen LogP) is 4.17. The number of hydrogen-bond acceptors (Lipinski definition) is 5. The minimum atomic E-state index is 0.199. The van der Waals surface area contributed by atoms with Gasteiger partial charge in [-0.1, -0.05) is 19.9 Å². The number of aromatic nitrogens is 2. The van der Waals surface area contributed by atoms with Gasteiger partial charge in [-0.25, -0.2) is 4.98 Å². The molecule has 21 heavy (non-hydrogen) atoms. The van der Waals surface area contributed by atoms with Crippen LogP contribution in [0.5, 0.6) is 23.1 Å². The molecule has 1 aromatic carbocycles. The molecule has 1 aromatic heterocycles. The van der Waals surface area contributed by atoms with E-state index in [4.69, 9.17) is 14.2 Å².